The van der Waals surface area contributed by atoms with E-state index in [2.05, 4.69) is 15.3 Å². The van der Waals surface area contributed by atoms with E-state index in [1.807, 2.05) is 0 Å². The molecule has 5 aromatic carbocycles. The van der Waals surface area contributed by atoms with Crippen LogP contribution < -0.4 is 5.32 Å². The summed E-state index contributed by atoms with van der Waals surface area (Å²) in [4.78, 5) is 133. The third-order valence-corrected chi connectivity index (χ3v) is 15.1. The summed E-state index contributed by atoms with van der Waals surface area (Å²) in [6, 6.07) is 21.3. The number of amides is 1. The number of hydrogen-bond donors (Lipinski definition) is 5. The number of carbonyl (C=O) groups excluding carboxylic acids is 9. The quantitative estimate of drug-likeness (QED) is 0.0356. The number of esters is 8. The molecule has 4 aliphatic rings. The van der Waals surface area contributed by atoms with E-state index in [9.17, 15) is 63.6 Å². The molecule has 0 spiro atoms. The van der Waals surface area contributed by atoms with E-state index in [0.717, 1.165) is 0 Å². The van der Waals surface area contributed by atoms with Crippen molar-refractivity contribution in [2.75, 3.05) is 131 Å². The Morgan fingerprint density at radius 1 is 0.424 bits per heavy atom. The van der Waals surface area contributed by atoms with Gasteiger partial charge in [-0.1, -0.05) is 41.5 Å². The normalized spacial score (nSPS) is 20.7. The van der Waals surface area contributed by atoms with E-state index < -0.39 is 88.3 Å². The number of phenolic OH excluding ortho intramolecular Hbond substituents is 4. The zero-order valence-corrected chi connectivity index (χ0v) is 49.9. The van der Waals surface area contributed by atoms with E-state index in [1.165, 1.54) is 97.1 Å². The predicted molar refractivity (Wildman–Crippen MR) is 321 cm³/mol. The number of phenols is 4. The van der Waals surface area contributed by atoms with Crippen molar-refractivity contribution >= 4 is 59.3 Å². The highest BCUT2D eigenvalue weighted by Crippen LogP contribution is 2.29. The number of cyclic esters (lactones) is 2. The molecule has 0 aliphatic carbocycles. The second-order valence-corrected chi connectivity index (χ2v) is 21.1. The molecule has 486 valence electrons. The molecule has 1 amide bonds. The summed E-state index contributed by atoms with van der Waals surface area (Å²) in [6.45, 7) is -2.83. The summed E-state index contributed by atoms with van der Waals surface area (Å²) >= 11 is 0. The van der Waals surface area contributed by atoms with Crippen LogP contribution in [-0.4, -0.2) is 231 Å². The lowest BCUT2D eigenvalue weighted by molar-refractivity contribution is 0.0107. The lowest BCUT2D eigenvalue weighted by Crippen LogP contribution is -2.43. The fourth-order valence-electron chi connectivity index (χ4n) is 10.00. The molecular formula is C63H68N8O21. The SMILES string of the molecule is [N-]=[N+]=Nc1ccc(C(=O)NCCCCC2CN3CCOC(=O)c4cccc(c4O)C(=O)OCCN(CCOC(=O)c4cccc(c4O)C(=O)O2)CCN2CCOC(=O)c4cccc(c4O)C(=O)OCCN(CCOC(=O)c4cccc(c4O)C(=O)OCC2)CC3)cc1. The third-order valence-electron chi connectivity index (χ3n) is 15.1. The Morgan fingerprint density at radius 3 is 1.03 bits per heavy atom. The fraction of sp³-hybridized carbons (Fsp3) is 0.381. The molecule has 3 atom stereocenters. The molecule has 12 bridgehead atoms. The highest BCUT2D eigenvalue weighted by atomic mass is 16.6. The molecule has 0 aromatic heterocycles. The van der Waals surface area contributed by atoms with Crippen molar-refractivity contribution < 1.29 is 101 Å². The topological polar surface area (TPSA) is 382 Å². The van der Waals surface area contributed by atoms with Gasteiger partial charge in [0, 0.05) is 101 Å². The molecule has 0 fully saturated rings. The number of hydrogen-bond acceptors (Lipinski definition) is 26. The van der Waals surface area contributed by atoms with Gasteiger partial charge in [0.2, 0.25) is 0 Å². The van der Waals surface area contributed by atoms with E-state index in [4.69, 9.17) is 43.4 Å². The Bertz CT molecular complexity index is 3470. The summed E-state index contributed by atoms with van der Waals surface area (Å²) < 4.78 is 45.6. The average molecular weight is 1270 g/mol. The molecule has 5 aromatic rings. The number of rotatable bonds is 7. The summed E-state index contributed by atoms with van der Waals surface area (Å²) in [7, 11) is 0. The summed E-state index contributed by atoms with van der Waals surface area (Å²) in [5.74, 6) is -11.4. The molecule has 5 N–H and O–H groups in total. The maximum Gasteiger partial charge on any atom is 0.342 e. The predicted octanol–water partition coefficient (Wildman–Crippen LogP) is 5.02. The van der Waals surface area contributed by atoms with Gasteiger partial charge in [0.25, 0.3) is 5.91 Å². The minimum absolute atomic E-state index is 0.00620. The number of benzene rings is 5. The van der Waals surface area contributed by atoms with Crippen molar-refractivity contribution in [1.29, 1.82) is 0 Å². The van der Waals surface area contributed by atoms with Crippen LogP contribution in [0.25, 0.3) is 10.4 Å². The Balaban J connectivity index is 1.18. The highest BCUT2D eigenvalue weighted by molar-refractivity contribution is 6.03. The first-order chi connectivity index (χ1) is 44.5. The number of fused-ring (bicyclic) bond motifs is 16. The number of nitrogens with zero attached hydrogens (tertiary/aromatic N) is 7. The minimum atomic E-state index is -1.06. The fourth-order valence-corrected chi connectivity index (χ4v) is 10.00. The second-order valence-electron chi connectivity index (χ2n) is 21.1. The highest BCUT2D eigenvalue weighted by Gasteiger charge is 2.29. The van der Waals surface area contributed by atoms with Crippen LogP contribution in [0.4, 0.5) is 5.69 Å². The first kappa shape index (κ1) is 67.6. The van der Waals surface area contributed by atoms with Gasteiger partial charge >= 0.3 is 47.8 Å². The molecule has 9 rings (SSSR count). The van der Waals surface area contributed by atoms with Crippen LogP contribution in [0.3, 0.4) is 0 Å². The number of azide groups is 1. The van der Waals surface area contributed by atoms with Gasteiger partial charge in [-0.05, 0) is 85.5 Å². The van der Waals surface area contributed by atoms with Gasteiger partial charge in [-0.25, -0.2) is 38.4 Å². The van der Waals surface area contributed by atoms with E-state index in [-0.39, 0.29) is 177 Å². The smallest absolute Gasteiger partial charge is 0.342 e. The van der Waals surface area contributed by atoms with Crippen LogP contribution in [0.5, 0.6) is 23.0 Å². The first-order valence-corrected chi connectivity index (χ1v) is 29.5. The molecule has 0 saturated heterocycles. The molecule has 4 heterocycles. The molecule has 0 radical (unpaired) electrons. The van der Waals surface area contributed by atoms with Crippen molar-refractivity contribution in [3.05, 3.63) is 158 Å². The molecule has 3 unspecified atom stereocenters. The van der Waals surface area contributed by atoms with Gasteiger partial charge in [-0.2, -0.15) is 0 Å². The van der Waals surface area contributed by atoms with Crippen molar-refractivity contribution in [3.8, 4) is 23.0 Å². The zero-order valence-electron chi connectivity index (χ0n) is 49.9. The Morgan fingerprint density at radius 2 is 0.717 bits per heavy atom. The van der Waals surface area contributed by atoms with Crippen LogP contribution in [0.1, 0.15) is 112 Å². The molecule has 29 heteroatoms. The van der Waals surface area contributed by atoms with Gasteiger partial charge in [0.15, 0.2) is 0 Å². The van der Waals surface area contributed by atoms with Crippen LogP contribution in [0.15, 0.2) is 102 Å². The number of ether oxygens (including phenoxy) is 8. The monoisotopic (exact) mass is 1270 g/mol. The van der Waals surface area contributed by atoms with Crippen LogP contribution >= 0.6 is 0 Å². The standard InChI is InChI=1S/C63H68N8O21/c64-67-66-41-18-16-40(17-19-41)55(76)65-20-2-1-7-42-39-71-24-23-70-29-36-88-59(80)45-10-3-8-43(51(45)72)56(77)85-32-25-68(26-33-86-57(78)44-9-4-11-46(52(44)73)60(81)89-37-30-70)21-22-69(28-35-90-62(83)49-14-6-15-50(54(49)75)63(84)92-42)27-34-87-58(79)47-12-5-13-48(53(47)74)61(82)91-38-31-71/h3-6,8-19,42,72-75H,1-2,7,20-39H2,(H,65,76). The molecular weight excluding hydrogens is 1200 g/mol. The number of carbonyl (C=O) groups is 9. The van der Waals surface area contributed by atoms with Gasteiger partial charge in [-0.15, -0.1) is 0 Å². The first-order valence-electron chi connectivity index (χ1n) is 29.5. The van der Waals surface area contributed by atoms with Crippen LogP contribution in [0.2, 0.25) is 0 Å². The van der Waals surface area contributed by atoms with E-state index in [0.29, 0.717) is 24.1 Å². The molecule has 0 saturated carbocycles. The van der Waals surface area contributed by atoms with Crippen molar-refractivity contribution in [3.63, 3.8) is 0 Å². The Labute approximate surface area is 526 Å². The Kier molecular flexibility index (Phi) is 24.6. The average Bonchev–Trinajstić information content (AvgIpc) is 0.937. The van der Waals surface area contributed by atoms with Gasteiger partial charge in [0.1, 0.15) is 120 Å². The van der Waals surface area contributed by atoms with Crippen molar-refractivity contribution in [2.45, 2.75) is 25.4 Å². The van der Waals surface area contributed by atoms with Gasteiger partial charge in [-0.3, -0.25) is 24.4 Å². The van der Waals surface area contributed by atoms with Gasteiger partial charge < -0.3 is 63.6 Å². The van der Waals surface area contributed by atoms with E-state index >= 15 is 0 Å². The van der Waals surface area contributed by atoms with Crippen molar-refractivity contribution in [2.24, 2.45) is 5.11 Å². The van der Waals surface area contributed by atoms with Crippen LogP contribution in [-0.2, 0) is 37.9 Å². The molecule has 4 aliphatic heterocycles. The van der Waals surface area contributed by atoms with Gasteiger partial charge in [0.05, 0.1) is 0 Å². The van der Waals surface area contributed by atoms with E-state index in [1.54, 1.807) is 19.6 Å². The third kappa shape index (κ3) is 18.6. The molecule has 92 heavy (non-hydrogen) atoms. The van der Waals surface area contributed by atoms with Crippen LogP contribution in [0, 0.1) is 0 Å². The summed E-state index contributed by atoms with van der Waals surface area (Å²) in [6.07, 6.45) is -0.297. The lowest BCUT2D eigenvalue weighted by Gasteiger charge is -2.30. The zero-order chi connectivity index (χ0) is 65.5. The number of aromatic hydroxyl groups is 4. The number of unbranched alkanes of at least 4 members (excludes halogenated alkanes) is 1. The molecule has 29 nitrogen and oxygen atoms in total. The van der Waals surface area contributed by atoms with Crippen molar-refractivity contribution in [1.82, 2.24) is 24.9 Å². The summed E-state index contributed by atoms with van der Waals surface area (Å²) in [5.41, 5.74) is 6.42. The largest absolute Gasteiger partial charge is 0.506 e. The Hall–Kier alpha value is -10.3. The maximum atomic E-state index is 14.4. The minimum Gasteiger partial charge on any atom is -0.506 e. The summed E-state index contributed by atoms with van der Waals surface area (Å²) in [5, 5.41) is 51.9. The number of para-hydroxylation sites is 4. The maximum absolute atomic E-state index is 14.4. The lowest BCUT2D eigenvalue weighted by atomic mass is 10.1. The number of nitrogens with one attached hydrogen (secondary N) is 1. The second kappa shape index (κ2) is 33.5.